The molecule has 0 atom stereocenters. The van der Waals surface area contributed by atoms with Crippen LogP contribution in [0, 0.1) is 0 Å². The summed E-state index contributed by atoms with van der Waals surface area (Å²) in [5, 5.41) is 6.06. The van der Waals surface area contributed by atoms with Crippen molar-refractivity contribution in [1.82, 2.24) is 10.3 Å². The van der Waals surface area contributed by atoms with Crippen LogP contribution in [0.2, 0.25) is 5.02 Å². The number of nitrogens with zero attached hydrogens (tertiary/aromatic N) is 1. The van der Waals surface area contributed by atoms with Crippen LogP contribution in [-0.2, 0) is 0 Å². The zero-order valence-corrected chi connectivity index (χ0v) is 15.3. The number of nitrogens with two attached hydrogens (primary N) is 1. The quantitative estimate of drug-likeness (QED) is 0.845. The lowest BCUT2D eigenvalue weighted by atomic mass is 10.1. The van der Waals surface area contributed by atoms with Gasteiger partial charge in [-0.05, 0) is 26.0 Å². The number of nitrogens with one attached hydrogen (secondary N) is 1. The molecule has 4 nitrogen and oxygen atoms in total. The molecule has 0 saturated heterocycles. The number of carbonyl (C=O) groups is 1. The van der Waals surface area contributed by atoms with Gasteiger partial charge >= 0.3 is 0 Å². The Morgan fingerprint density at radius 3 is 2.45 bits per heavy atom. The molecule has 0 aliphatic rings. The van der Waals surface area contributed by atoms with E-state index in [2.05, 4.69) is 10.3 Å². The van der Waals surface area contributed by atoms with E-state index in [0.717, 1.165) is 10.6 Å². The molecular formula is C14H18Cl3N3OS. The van der Waals surface area contributed by atoms with E-state index < -0.39 is 5.54 Å². The van der Waals surface area contributed by atoms with E-state index in [1.54, 1.807) is 17.5 Å². The van der Waals surface area contributed by atoms with Crippen molar-refractivity contribution in [1.29, 1.82) is 0 Å². The number of hydrogen-bond donors (Lipinski definition) is 2. The summed E-state index contributed by atoms with van der Waals surface area (Å²) in [5.74, 6) is -0.211. The standard InChI is InChI=1S/C14H16ClN3OS.2ClH/c1-14(2,8-16)18-12(19)11-7-20-13(17-11)9-3-5-10(15)6-4-9;;/h3-7H,8,16H2,1-2H3,(H,18,19);2*1H. The topological polar surface area (TPSA) is 68.0 Å². The summed E-state index contributed by atoms with van der Waals surface area (Å²) in [5.41, 5.74) is 6.50. The van der Waals surface area contributed by atoms with Crippen molar-refractivity contribution >= 4 is 53.7 Å². The van der Waals surface area contributed by atoms with Crippen molar-refractivity contribution in [3.63, 3.8) is 0 Å². The van der Waals surface area contributed by atoms with Crippen LogP contribution in [0.4, 0.5) is 0 Å². The Morgan fingerprint density at radius 2 is 1.91 bits per heavy atom. The largest absolute Gasteiger partial charge is 0.345 e. The van der Waals surface area contributed by atoms with Gasteiger partial charge in [0, 0.05) is 28.0 Å². The van der Waals surface area contributed by atoms with Crippen molar-refractivity contribution in [3.8, 4) is 10.6 Å². The highest BCUT2D eigenvalue weighted by Gasteiger charge is 2.21. The maximum absolute atomic E-state index is 12.1. The van der Waals surface area contributed by atoms with Gasteiger partial charge in [0.05, 0.1) is 0 Å². The van der Waals surface area contributed by atoms with Crippen molar-refractivity contribution < 1.29 is 4.79 Å². The van der Waals surface area contributed by atoms with Gasteiger partial charge in [-0.2, -0.15) is 0 Å². The summed E-state index contributed by atoms with van der Waals surface area (Å²) in [7, 11) is 0. The molecule has 0 unspecified atom stereocenters. The van der Waals surface area contributed by atoms with Gasteiger partial charge < -0.3 is 11.1 Å². The van der Waals surface area contributed by atoms with E-state index >= 15 is 0 Å². The zero-order chi connectivity index (χ0) is 14.8. The molecule has 3 N–H and O–H groups in total. The molecule has 22 heavy (non-hydrogen) atoms. The van der Waals surface area contributed by atoms with E-state index in [1.807, 2.05) is 26.0 Å². The highest BCUT2D eigenvalue weighted by atomic mass is 35.5. The molecule has 8 heteroatoms. The van der Waals surface area contributed by atoms with Crippen LogP contribution in [0.15, 0.2) is 29.6 Å². The molecule has 0 aliphatic carbocycles. The molecule has 2 rings (SSSR count). The summed E-state index contributed by atoms with van der Waals surface area (Å²) in [6.07, 6.45) is 0. The normalized spacial score (nSPS) is 10.4. The van der Waals surface area contributed by atoms with Gasteiger partial charge in [-0.15, -0.1) is 36.2 Å². The lowest BCUT2D eigenvalue weighted by molar-refractivity contribution is 0.0911. The Kier molecular flexibility index (Phi) is 8.36. The molecule has 1 heterocycles. The number of halogens is 3. The van der Waals surface area contributed by atoms with Gasteiger partial charge in [0.1, 0.15) is 10.7 Å². The van der Waals surface area contributed by atoms with E-state index in [0.29, 0.717) is 17.3 Å². The Morgan fingerprint density at radius 1 is 1.32 bits per heavy atom. The molecule has 122 valence electrons. The molecule has 0 aliphatic heterocycles. The fourth-order valence-corrected chi connectivity index (χ4v) is 2.46. The Hall–Kier alpha value is -0.850. The van der Waals surface area contributed by atoms with Crippen LogP contribution in [0.5, 0.6) is 0 Å². The van der Waals surface area contributed by atoms with Gasteiger partial charge in [0.25, 0.3) is 5.91 Å². The maximum atomic E-state index is 12.1. The second kappa shape index (κ2) is 8.70. The smallest absolute Gasteiger partial charge is 0.271 e. The summed E-state index contributed by atoms with van der Waals surface area (Å²) in [6.45, 7) is 4.11. The van der Waals surface area contributed by atoms with Crippen LogP contribution in [0.25, 0.3) is 10.6 Å². The molecule has 1 aromatic carbocycles. The number of carbonyl (C=O) groups excluding carboxylic acids is 1. The first-order valence-electron chi connectivity index (χ1n) is 6.15. The van der Waals surface area contributed by atoms with Gasteiger partial charge in [-0.25, -0.2) is 4.98 Å². The summed E-state index contributed by atoms with van der Waals surface area (Å²) < 4.78 is 0. The van der Waals surface area contributed by atoms with Crippen LogP contribution in [0.1, 0.15) is 24.3 Å². The van der Waals surface area contributed by atoms with E-state index in [9.17, 15) is 4.79 Å². The summed E-state index contributed by atoms with van der Waals surface area (Å²) in [4.78, 5) is 16.4. The van der Waals surface area contributed by atoms with E-state index in [-0.39, 0.29) is 30.7 Å². The summed E-state index contributed by atoms with van der Waals surface area (Å²) in [6, 6.07) is 7.37. The second-order valence-electron chi connectivity index (χ2n) is 5.09. The van der Waals surface area contributed by atoms with Gasteiger partial charge in [-0.3, -0.25) is 4.79 Å². The van der Waals surface area contributed by atoms with E-state index in [4.69, 9.17) is 17.3 Å². The molecule has 0 saturated carbocycles. The minimum Gasteiger partial charge on any atom is -0.345 e. The van der Waals surface area contributed by atoms with Crippen molar-refractivity contribution in [2.75, 3.05) is 6.54 Å². The van der Waals surface area contributed by atoms with Crippen LogP contribution >= 0.6 is 47.8 Å². The van der Waals surface area contributed by atoms with Gasteiger partial charge in [-0.1, -0.05) is 23.7 Å². The molecule has 0 radical (unpaired) electrons. The fraction of sp³-hybridized carbons (Fsp3) is 0.286. The fourth-order valence-electron chi connectivity index (χ4n) is 1.53. The first-order valence-corrected chi connectivity index (χ1v) is 7.41. The number of benzene rings is 1. The van der Waals surface area contributed by atoms with Crippen LogP contribution in [0.3, 0.4) is 0 Å². The minimum atomic E-state index is -0.443. The SMILES string of the molecule is CC(C)(CN)NC(=O)c1csc(-c2ccc(Cl)cc2)n1.Cl.Cl. The molecule has 0 spiro atoms. The number of rotatable bonds is 4. The van der Waals surface area contributed by atoms with Crippen molar-refractivity contribution in [2.45, 2.75) is 19.4 Å². The second-order valence-corrected chi connectivity index (χ2v) is 6.38. The first-order chi connectivity index (χ1) is 9.41. The molecule has 2 aromatic rings. The predicted molar refractivity (Wildman–Crippen MR) is 97.7 cm³/mol. The predicted octanol–water partition coefficient (Wildman–Crippen LogP) is 3.77. The molecule has 1 amide bonds. The van der Waals surface area contributed by atoms with Gasteiger partial charge in [0.2, 0.25) is 0 Å². The lowest BCUT2D eigenvalue weighted by Gasteiger charge is -2.23. The number of thiazole rings is 1. The third-order valence-electron chi connectivity index (χ3n) is 2.79. The highest BCUT2D eigenvalue weighted by Crippen LogP contribution is 2.25. The summed E-state index contributed by atoms with van der Waals surface area (Å²) >= 11 is 7.27. The molecule has 0 bridgehead atoms. The zero-order valence-electron chi connectivity index (χ0n) is 12.1. The number of hydrogen-bond acceptors (Lipinski definition) is 4. The van der Waals surface area contributed by atoms with Crippen LogP contribution < -0.4 is 11.1 Å². The Labute approximate surface area is 151 Å². The van der Waals surface area contributed by atoms with Crippen molar-refractivity contribution in [2.24, 2.45) is 5.73 Å². The molecule has 0 fully saturated rings. The monoisotopic (exact) mass is 381 g/mol. The Balaban J connectivity index is 0.00000220. The van der Waals surface area contributed by atoms with E-state index in [1.165, 1.54) is 11.3 Å². The average Bonchev–Trinajstić information content (AvgIpc) is 2.89. The molecular weight excluding hydrogens is 365 g/mol. The average molecular weight is 383 g/mol. The third kappa shape index (κ3) is 5.41. The van der Waals surface area contributed by atoms with Gasteiger partial charge in [0.15, 0.2) is 0 Å². The minimum absolute atomic E-state index is 0. The van der Waals surface area contributed by atoms with Crippen LogP contribution in [-0.4, -0.2) is 23.0 Å². The van der Waals surface area contributed by atoms with Crippen molar-refractivity contribution in [3.05, 3.63) is 40.4 Å². The number of amides is 1. The molecule has 1 aromatic heterocycles. The maximum Gasteiger partial charge on any atom is 0.271 e. The first kappa shape index (κ1) is 21.1. The lowest BCUT2D eigenvalue weighted by Crippen LogP contribution is -2.48. The Bertz CT molecular complexity index is 614. The number of aromatic nitrogens is 1. The third-order valence-corrected chi connectivity index (χ3v) is 3.93. The highest BCUT2D eigenvalue weighted by molar-refractivity contribution is 7.13.